The fourth-order valence-electron chi connectivity index (χ4n) is 3.75. The number of carbonyl (C=O) groups is 2. The van der Waals surface area contributed by atoms with Crippen molar-refractivity contribution in [1.82, 2.24) is 9.78 Å². The zero-order valence-corrected chi connectivity index (χ0v) is 17.1. The van der Waals surface area contributed by atoms with Gasteiger partial charge in [-0.15, -0.1) is 0 Å². The van der Waals surface area contributed by atoms with Crippen LogP contribution in [0.2, 0.25) is 0 Å². The summed E-state index contributed by atoms with van der Waals surface area (Å²) in [5.74, 6) is -1.31. The Balaban J connectivity index is 1.52. The van der Waals surface area contributed by atoms with Crippen LogP contribution >= 0.6 is 0 Å². The number of benzene rings is 2. The quantitative estimate of drug-likeness (QED) is 0.714. The minimum absolute atomic E-state index is 0.0895. The van der Waals surface area contributed by atoms with Crippen LogP contribution in [-0.2, 0) is 9.59 Å². The second-order valence-electron chi connectivity index (χ2n) is 7.62. The van der Waals surface area contributed by atoms with Crippen molar-refractivity contribution in [1.29, 1.82) is 0 Å². The SMILES string of the molecule is Cc1ccc(N2C[C@@H](C(=O)Nc3c(C)nn(-c4ccccc4)c3C)CC2=O)cc1F. The Hall–Kier alpha value is -3.48. The Bertz CT molecular complexity index is 1120. The van der Waals surface area contributed by atoms with Gasteiger partial charge in [-0.1, -0.05) is 24.3 Å². The smallest absolute Gasteiger partial charge is 0.229 e. The lowest BCUT2D eigenvalue weighted by Crippen LogP contribution is -2.28. The van der Waals surface area contributed by atoms with Crippen molar-refractivity contribution in [2.75, 3.05) is 16.8 Å². The number of halogens is 1. The standard InChI is InChI=1S/C23H23FN4O2/c1-14-9-10-19(12-20(14)24)27-13-17(11-21(27)29)23(30)25-22-15(2)26-28(16(22)3)18-7-5-4-6-8-18/h4-10,12,17H,11,13H2,1-3H3,(H,25,30)/t17-/m0/s1. The molecule has 0 spiro atoms. The zero-order chi connectivity index (χ0) is 21.4. The van der Waals surface area contributed by atoms with E-state index in [1.54, 1.807) is 23.7 Å². The molecular formula is C23H23FN4O2. The molecular weight excluding hydrogens is 383 g/mol. The van der Waals surface area contributed by atoms with Crippen LogP contribution in [0, 0.1) is 32.5 Å². The van der Waals surface area contributed by atoms with Crippen molar-refractivity contribution in [2.24, 2.45) is 5.92 Å². The van der Waals surface area contributed by atoms with Crippen LogP contribution < -0.4 is 10.2 Å². The van der Waals surface area contributed by atoms with E-state index in [1.165, 1.54) is 11.0 Å². The van der Waals surface area contributed by atoms with Crippen molar-refractivity contribution in [3.63, 3.8) is 0 Å². The average Bonchev–Trinajstić information content (AvgIpc) is 3.25. The first kappa shape index (κ1) is 19.8. The summed E-state index contributed by atoms with van der Waals surface area (Å²) < 4.78 is 15.7. The van der Waals surface area contributed by atoms with E-state index in [1.807, 2.05) is 44.2 Å². The molecule has 2 amide bonds. The van der Waals surface area contributed by atoms with Crippen LogP contribution in [0.5, 0.6) is 0 Å². The van der Waals surface area contributed by atoms with Crippen molar-refractivity contribution in [3.05, 3.63) is 71.3 Å². The van der Waals surface area contributed by atoms with Crippen molar-refractivity contribution in [2.45, 2.75) is 27.2 Å². The third-order valence-corrected chi connectivity index (χ3v) is 5.50. The summed E-state index contributed by atoms with van der Waals surface area (Å²) in [6.45, 7) is 5.62. The molecule has 1 aromatic heterocycles. The van der Waals surface area contributed by atoms with E-state index in [9.17, 15) is 14.0 Å². The number of aryl methyl sites for hydroxylation is 2. The number of anilines is 2. The molecule has 154 valence electrons. The first-order valence-electron chi connectivity index (χ1n) is 9.84. The molecule has 0 unspecified atom stereocenters. The molecule has 1 atom stereocenters. The van der Waals surface area contributed by atoms with E-state index < -0.39 is 5.92 Å². The lowest BCUT2D eigenvalue weighted by atomic mass is 10.1. The van der Waals surface area contributed by atoms with Crippen LogP contribution in [0.3, 0.4) is 0 Å². The van der Waals surface area contributed by atoms with Crippen LogP contribution in [-0.4, -0.2) is 28.1 Å². The summed E-state index contributed by atoms with van der Waals surface area (Å²) in [5.41, 5.74) is 4.06. The maximum Gasteiger partial charge on any atom is 0.229 e. The molecule has 30 heavy (non-hydrogen) atoms. The summed E-state index contributed by atoms with van der Waals surface area (Å²) >= 11 is 0. The van der Waals surface area contributed by atoms with E-state index in [2.05, 4.69) is 10.4 Å². The Morgan fingerprint density at radius 2 is 1.83 bits per heavy atom. The van der Waals surface area contributed by atoms with Crippen LogP contribution in [0.1, 0.15) is 23.4 Å². The van der Waals surface area contributed by atoms with Gasteiger partial charge in [0.1, 0.15) is 5.82 Å². The van der Waals surface area contributed by atoms with Gasteiger partial charge in [-0.2, -0.15) is 5.10 Å². The van der Waals surface area contributed by atoms with Gasteiger partial charge in [0.25, 0.3) is 0 Å². The Kier molecular flexibility index (Phi) is 5.11. The minimum Gasteiger partial charge on any atom is -0.323 e. The Morgan fingerprint density at radius 3 is 2.53 bits per heavy atom. The maximum absolute atomic E-state index is 13.9. The summed E-state index contributed by atoms with van der Waals surface area (Å²) in [7, 11) is 0. The highest BCUT2D eigenvalue weighted by Gasteiger charge is 2.36. The number of amides is 2. The second-order valence-corrected chi connectivity index (χ2v) is 7.62. The fourth-order valence-corrected chi connectivity index (χ4v) is 3.75. The lowest BCUT2D eigenvalue weighted by Gasteiger charge is -2.17. The summed E-state index contributed by atoms with van der Waals surface area (Å²) in [6.07, 6.45) is 0.0895. The number of nitrogens with one attached hydrogen (secondary N) is 1. The highest BCUT2D eigenvalue weighted by Crippen LogP contribution is 2.29. The largest absolute Gasteiger partial charge is 0.323 e. The molecule has 7 heteroatoms. The van der Waals surface area contributed by atoms with Gasteiger partial charge in [-0.25, -0.2) is 9.07 Å². The maximum atomic E-state index is 13.9. The van der Waals surface area contributed by atoms with E-state index >= 15 is 0 Å². The summed E-state index contributed by atoms with van der Waals surface area (Å²) in [6, 6.07) is 14.4. The molecule has 3 aromatic rings. The third kappa shape index (κ3) is 3.58. The highest BCUT2D eigenvalue weighted by molar-refractivity contribution is 6.03. The Labute approximate surface area is 174 Å². The molecule has 0 saturated carbocycles. The highest BCUT2D eigenvalue weighted by atomic mass is 19.1. The van der Waals surface area contributed by atoms with Gasteiger partial charge in [-0.05, 0) is 50.6 Å². The molecule has 2 aromatic carbocycles. The average molecular weight is 406 g/mol. The molecule has 6 nitrogen and oxygen atoms in total. The monoisotopic (exact) mass is 406 g/mol. The van der Waals surface area contributed by atoms with Crippen LogP contribution in [0.15, 0.2) is 48.5 Å². The van der Waals surface area contributed by atoms with E-state index in [4.69, 9.17) is 0 Å². The minimum atomic E-state index is -0.513. The van der Waals surface area contributed by atoms with Gasteiger partial charge in [-0.3, -0.25) is 9.59 Å². The molecule has 1 aliphatic rings. The molecule has 0 radical (unpaired) electrons. The second kappa shape index (κ2) is 7.74. The normalized spacial score (nSPS) is 16.2. The number of aromatic nitrogens is 2. The third-order valence-electron chi connectivity index (χ3n) is 5.50. The number of hydrogen-bond acceptors (Lipinski definition) is 3. The van der Waals surface area contributed by atoms with Crippen molar-refractivity contribution >= 4 is 23.2 Å². The van der Waals surface area contributed by atoms with Crippen molar-refractivity contribution < 1.29 is 14.0 Å². The predicted molar refractivity (Wildman–Crippen MR) is 113 cm³/mol. The number of hydrogen-bond donors (Lipinski definition) is 1. The molecule has 1 N–H and O–H groups in total. The number of nitrogens with zero attached hydrogens (tertiary/aromatic N) is 3. The zero-order valence-electron chi connectivity index (χ0n) is 17.1. The molecule has 1 saturated heterocycles. The van der Waals surface area contributed by atoms with Gasteiger partial charge in [0.15, 0.2) is 0 Å². The molecule has 0 bridgehead atoms. The Morgan fingerprint density at radius 1 is 1.10 bits per heavy atom. The molecule has 1 fully saturated rings. The number of carbonyl (C=O) groups excluding carboxylic acids is 2. The molecule has 4 rings (SSSR count). The topological polar surface area (TPSA) is 67.2 Å². The molecule has 0 aliphatic carbocycles. The van der Waals surface area contributed by atoms with E-state index in [-0.39, 0.29) is 30.6 Å². The fraction of sp³-hybridized carbons (Fsp3) is 0.261. The first-order chi connectivity index (χ1) is 14.3. The van der Waals surface area contributed by atoms with E-state index in [0.717, 1.165) is 11.4 Å². The van der Waals surface area contributed by atoms with Gasteiger partial charge in [0.2, 0.25) is 11.8 Å². The van der Waals surface area contributed by atoms with Gasteiger partial charge in [0, 0.05) is 18.7 Å². The number of para-hydroxylation sites is 1. The van der Waals surface area contributed by atoms with Gasteiger partial charge >= 0.3 is 0 Å². The first-order valence-corrected chi connectivity index (χ1v) is 9.84. The lowest BCUT2D eigenvalue weighted by molar-refractivity contribution is -0.122. The van der Waals surface area contributed by atoms with E-state index in [0.29, 0.717) is 22.6 Å². The molecule has 1 aliphatic heterocycles. The predicted octanol–water partition coefficient (Wildman–Crippen LogP) is 3.93. The van der Waals surface area contributed by atoms with Gasteiger partial charge in [0.05, 0.1) is 28.7 Å². The van der Waals surface area contributed by atoms with Crippen LogP contribution in [0.25, 0.3) is 5.69 Å². The summed E-state index contributed by atoms with van der Waals surface area (Å²) in [4.78, 5) is 26.8. The van der Waals surface area contributed by atoms with Crippen molar-refractivity contribution in [3.8, 4) is 5.69 Å². The van der Waals surface area contributed by atoms with Crippen LogP contribution in [0.4, 0.5) is 15.8 Å². The summed E-state index contributed by atoms with van der Waals surface area (Å²) in [5, 5.41) is 7.49. The molecule has 2 heterocycles. The number of rotatable bonds is 4. The van der Waals surface area contributed by atoms with Gasteiger partial charge < -0.3 is 10.2 Å².